The molecular weight excluding hydrogens is 478 g/mol. The third kappa shape index (κ3) is 5.99. The molecule has 202 valence electrons. The first-order valence-corrected chi connectivity index (χ1v) is 12.9. The van der Waals surface area contributed by atoms with Crippen molar-refractivity contribution in [1.29, 1.82) is 0 Å². The van der Waals surface area contributed by atoms with Crippen LogP contribution in [0.4, 0.5) is 0 Å². The number of aromatic nitrogens is 2. The van der Waals surface area contributed by atoms with Gasteiger partial charge in [-0.15, -0.1) is 0 Å². The molecule has 0 saturated carbocycles. The Balaban J connectivity index is 1.63. The molecule has 1 amide bonds. The van der Waals surface area contributed by atoms with Crippen LogP contribution in [0.3, 0.4) is 0 Å². The maximum atomic E-state index is 13.4. The number of ether oxygens (including phenoxy) is 3. The van der Waals surface area contributed by atoms with Crippen molar-refractivity contribution in [2.75, 3.05) is 46.6 Å². The van der Waals surface area contributed by atoms with Crippen LogP contribution in [0.15, 0.2) is 30.6 Å². The minimum absolute atomic E-state index is 0.0314. The van der Waals surface area contributed by atoms with Gasteiger partial charge in [-0.1, -0.05) is 13.3 Å². The van der Waals surface area contributed by atoms with E-state index in [1.807, 2.05) is 29.3 Å². The van der Waals surface area contributed by atoms with Crippen molar-refractivity contribution >= 4 is 11.9 Å². The number of nitrogens with two attached hydrogens (primary N) is 1. The maximum absolute atomic E-state index is 13.4. The molecule has 1 aromatic carbocycles. The molecule has 2 aromatic rings. The number of benzene rings is 1. The van der Waals surface area contributed by atoms with E-state index < -0.39 is 11.9 Å². The van der Waals surface area contributed by atoms with Crippen LogP contribution in [-0.4, -0.2) is 89.2 Å². The molecule has 2 aliphatic heterocycles. The number of unbranched alkanes of at least 4 members (excludes halogenated alkanes) is 1. The third-order valence-electron chi connectivity index (χ3n) is 7.23. The number of carbonyl (C=O) groups is 2. The van der Waals surface area contributed by atoms with Gasteiger partial charge in [0, 0.05) is 57.1 Å². The van der Waals surface area contributed by atoms with Gasteiger partial charge in [-0.05, 0) is 36.6 Å². The highest BCUT2D eigenvalue weighted by molar-refractivity contribution is 5.79. The fourth-order valence-corrected chi connectivity index (χ4v) is 5.39. The molecule has 1 aromatic heterocycles. The molecule has 2 aliphatic rings. The maximum Gasteiger partial charge on any atom is 0.308 e. The van der Waals surface area contributed by atoms with E-state index in [0.29, 0.717) is 56.4 Å². The first-order valence-electron chi connectivity index (χ1n) is 12.9. The van der Waals surface area contributed by atoms with E-state index in [-0.39, 0.29) is 31.2 Å². The van der Waals surface area contributed by atoms with Crippen LogP contribution in [0.1, 0.15) is 37.7 Å². The summed E-state index contributed by atoms with van der Waals surface area (Å²) < 4.78 is 18.4. The Kier molecular flexibility index (Phi) is 8.88. The zero-order valence-corrected chi connectivity index (χ0v) is 21.5. The van der Waals surface area contributed by atoms with E-state index in [0.717, 1.165) is 18.4 Å². The predicted octanol–water partition coefficient (Wildman–Crippen LogP) is 1.77. The molecule has 37 heavy (non-hydrogen) atoms. The Labute approximate surface area is 217 Å². The van der Waals surface area contributed by atoms with Crippen molar-refractivity contribution < 1.29 is 28.9 Å². The van der Waals surface area contributed by atoms with Crippen LogP contribution >= 0.6 is 0 Å². The Morgan fingerprint density at radius 2 is 2.14 bits per heavy atom. The summed E-state index contributed by atoms with van der Waals surface area (Å²) in [4.78, 5) is 29.9. The number of methoxy groups -OCH3 is 1. The lowest BCUT2D eigenvalue weighted by Gasteiger charge is -2.29. The molecule has 3 N–H and O–H groups in total. The summed E-state index contributed by atoms with van der Waals surface area (Å²) in [5, 5.41) is 14.7. The van der Waals surface area contributed by atoms with Gasteiger partial charge in [-0.3, -0.25) is 19.2 Å². The number of carboxylic acid groups (broad SMARTS) is 1. The van der Waals surface area contributed by atoms with Gasteiger partial charge in [0.2, 0.25) is 18.4 Å². The number of carboxylic acids is 1. The number of nitrogens with zero attached hydrogens (tertiary/aromatic N) is 4. The smallest absolute Gasteiger partial charge is 0.308 e. The first kappa shape index (κ1) is 26.7. The standard InChI is InChI=1S/C26H37N5O6/c1-3-4-9-29(12-7-27)23(32)16-30-15-19(18-13-21(35-2)25-22(14-18)36-17-37-25)24(26(33)34)20(30)6-11-31-10-5-8-28-31/h5,8,10,13-14,19-20,24H,3-4,6-7,9,11-12,15-17,27H2,1-2H3,(H,33,34). The van der Waals surface area contributed by atoms with E-state index in [1.165, 1.54) is 0 Å². The third-order valence-corrected chi connectivity index (χ3v) is 7.23. The summed E-state index contributed by atoms with van der Waals surface area (Å²) in [7, 11) is 1.55. The highest BCUT2D eigenvalue weighted by Crippen LogP contribution is 2.47. The van der Waals surface area contributed by atoms with Gasteiger partial charge in [-0.25, -0.2) is 0 Å². The Hall–Kier alpha value is -3.31. The molecule has 0 radical (unpaired) electrons. The molecule has 0 bridgehead atoms. The Bertz CT molecular complexity index is 1060. The number of carbonyl (C=O) groups excluding carboxylic acids is 1. The number of amides is 1. The van der Waals surface area contributed by atoms with Crippen LogP contribution < -0.4 is 19.9 Å². The second kappa shape index (κ2) is 12.3. The Morgan fingerprint density at radius 1 is 1.30 bits per heavy atom. The summed E-state index contributed by atoms with van der Waals surface area (Å²) in [5.74, 6) is -0.461. The molecule has 11 heteroatoms. The topological polar surface area (TPSA) is 132 Å². The predicted molar refractivity (Wildman–Crippen MR) is 136 cm³/mol. The second-order valence-corrected chi connectivity index (χ2v) is 9.51. The number of fused-ring (bicyclic) bond motifs is 1. The summed E-state index contributed by atoms with van der Waals surface area (Å²) in [6.45, 7) is 4.78. The van der Waals surface area contributed by atoms with Crippen LogP contribution in [0.5, 0.6) is 17.2 Å². The molecule has 1 fully saturated rings. The SMILES string of the molecule is CCCCN(CCN)C(=O)CN1CC(c2cc(OC)c3c(c2)OCO3)C(C(=O)O)C1CCn1cccn1. The fourth-order valence-electron chi connectivity index (χ4n) is 5.39. The molecule has 11 nitrogen and oxygen atoms in total. The molecule has 3 heterocycles. The number of hydrogen-bond donors (Lipinski definition) is 2. The zero-order chi connectivity index (χ0) is 26.4. The molecular formula is C26H37N5O6. The van der Waals surface area contributed by atoms with Crippen molar-refractivity contribution in [2.24, 2.45) is 11.7 Å². The average molecular weight is 516 g/mol. The highest BCUT2D eigenvalue weighted by Gasteiger charge is 2.47. The largest absolute Gasteiger partial charge is 0.493 e. The van der Waals surface area contributed by atoms with Gasteiger partial charge < -0.3 is 30.0 Å². The second-order valence-electron chi connectivity index (χ2n) is 9.51. The van der Waals surface area contributed by atoms with Gasteiger partial charge in [0.1, 0.15) is 0 Å². The van der Waals surface area contributed by atoms with Crippen LogP contribution in [-0.2, 0) is 16.1 Å². The van der Waals surface area contributed by atoms with Gasteiger partial charge in [0.05, 0.1) is 19.6 Å². The minimum Gasteiger partial charge on any atom is -0.493 e. The van der Waals surface area contributed by atoms with Gasteiger partial charge >= 0.3 is 5.97 Å². The summed E-state index contributed by atoms with van der Waals surface area (Å²) in [6.07, 6.45) is 5.96. The van der Waals surface area contributed by atoms with Crippen molar-refractivity contribution in [1.82, 2.24) is 19.6 Å². The summed E-state index contributed by atoms with van der Waals surface area (Å²) in [5.41, 5.74) is 6.57. The number of aryl methyl sites for hydroxylation is 1. The van der Waals surface area contributed by atoms with Crippen molar-refractivity contribution in [2.45, 2.75) is 44.7 Å². The van der Waals surface area contributed by atoms with Gasteiger partial charge in [-0.2, -0.15) is 5.10 Å². The number of aliphatic carboxylic acids is 1. The zero-order valence-electron chi connectivity index (χ0n) is 21.5. The minimum atomic E-state index is -0.896. The van der Waals surface area contributed by atoms with Gasteiger partial charge in [0.25, 0.3) is 0 Å². The fraction of sp³-hybridized carbons (Fsp3) is 0.577. The van der Waals surface area contributed by atoms with Crippen molar-refractivity contribution in [3.63, 3.8) is 0 Å². The molecule has 4 rings (SSSR count). The number of rotatable bonds is 13. The lowest BCUT2D eigenvalue weighted by molar-refractivity contribution is -0.144. The molecule has 3 atom stereocenters. The quantitative estimate of drug-likeness (QED) is 0.409. The normalized spacial score (nSPS) is 20.8. The lowest BCUT2D eigenvalue weighted by Crippen LogP contribution is -2.46. The molecule has 3 unspecified atom stereocenters. The van der Waals surface area contributed by atoms with Crippen LogP contribution in [0, 0.1) is 5.92 Å². The van der Waals surface area contributed by atoms with E-state index in [1.54, 1.807) is 22.9 Å². The Morgan fingerprint density at radius 3 is 2.81 bits per heavy atom. The van der Waals surface area contributed by atoms with Crippen molar-refractivity contribution in [3.05, 3.63) is 36.2 Å². The summed E-state index contributed by atoms with van der Waals surface area (Å²) in [6, 6.07) is 5.14. The van der Waals surface area contributed by atoms with E-state index in [2.05, 4.69) is 12.0 Å². The van der Waals surface area contributed by atoms with Crippen LogP contribution in [0.2, 0.25) is 0 Å². The average Bonchev–Trinajstić information content (AvgIpc) is 3.64. The number of hydrogen-bond acceptors (Lipinski definition) is 8. The molecule has 0 spiro atoms. The van der Waals surface area contributed by atoms with E-state index in [9.17, 15) is 14.7 Å². The monoisotopic (exact) mass is 515 g/mol. The summed E-state index contributed by atoms with van der Waals surface area (Å²) >= 11 is 0. The molecule has 1 saturated heterocycles. The van der Waals surface area contributed by atoms with Crippen molar-refractivity contribution in [3.8, 4) is 17.2 Å². The first-order chi connectivity index (χ1) is 18.0. The number of likely N-dealkylation sites (tertiary alicyclic amines) is 1. The van der Waals surface area contributed by atoms with E-state index in [4.69, 9.17) is 19.9 Å². The van der Waals surface area contributed by atoms with Crippen LogP contribution in [0.25, 0.3) is 0 Å². The van der Waals surface area contributed by atoms with E-state index >= 15 is 0 Å². The van der Waals surface area contributed by atoms with Gasteiger partial charge in [0.15, 0.2) is 11.5 Å². The highest BCUT2D eigenvalue weighted by atomic mass is 16.7. The molecule has 0 aliphatic carbocycles. The lowest BCUT2D eigenvalue weighted by atomic mass is 9.84.